The van der Waals surface area contributed by atoms with E-state index in [2.05, 4.69) is 32.2 Å². The molecule has 27 heavy (non-hydrogen) atoms. The second kappa shape index (κ2) is 5.83. The summed E-state index contributed by atoms with van der Waals surface area (Å²) in [6.45, 7) is 4.22. The van der Waals surface area contributed by atoms with E-state index < -0.39 is 0 Å². The Balaban J connectivity index is 1.34. The topological polar surface area (TPSA) is 49.8 Å². The van der Waals surface area contributed by atoms with Crippen molar-refractivity contribution < 1.29 is 4.52 Å². The van der Waals surface area contributed by atoms with E-state index >= 15 is 0 Å². The average molecular weight is 363 g/mol. The van der Waals surface area contributed by atoms with Gasteiger partial charge in [0.05, 0.1) is 16.9 Å². The van der Waals surface area contributed by atoms with Crippen molar-refractivity contribution in [1.82, 2.24) is 19.7 Å². The van der Waals surface area contributed by atoms with Crippen molar-refractivity contribution in [2.24, 2.45) is 0 Å². The summed E-state index contributed by atoms with van der Waals surface area (Å²) in [5.74, 6) is 0.804. The van der Waals surface area contributed by atoms with Gasteiger partial charge in [-0.15, -0.1) is 0 Å². The van der Waals surface area contributed by atoms with Crippen LogP contribution in [0.5, 0.6) is 0 Å². The Morgan fingerprint density at radius 3 is 2.52 bits per heavy atom. The molecule has 0 spiro atoms. The lowest BCUT2D eigenvalue weighted by Gasteiger charge is -2.48. The van der Waals surface area contributed by atoms with Gasteiger partial charge in [-0.25, -0.2) is 4.52 Å². The van der Waals surface area contributed by atoms with Crippen LogP contribution in [0.4, 0.5) is 5.69 Å². The smallest absolute Gasteiger partial charge is 0.168 e. The third-order valence-corrected chi connectivity index (χ3v) is 6.77. The van der Waals surface area contributed by atoms with Crippen molar-refractivity contribution in [3.63, 3.8) is 0 Å². The molecular formula is C21H25N5O. The number of fused-ring (bicyclic) bond motifs is 3. The third kappa shape index (κ3) is 2.42. The molecule has 2 atom stereocenters. The van der Waals surface area contributed by atoms with Gasteiger partial charge in [-0.05, 0) is 44.7 Å². The van der Waals surface area contributed by atoms with Crippen molar-refractivity contribution in [3.8, 4) is 11.3 Å². The fourth-order valence-electron chi connectivity index (χ4n) is 5.32. The SMILES string of the molecule is Cc1cc(-c2cc3c(N4CC5CCC(C4)N5C4CCC4)ccnn3c2)on1. The molecule has 2 bridgehead atoms. The van der Waals surface area contributed by atoms with Crippen LogP contribution in [0.2, 0.25) is 0 Å². The summed E-state index contributed by atoms with van der Waals surface area (Å²) in [5, 5.41) is 8.55. The maximum absolute atomic E-state index is 5.46. The molecule has 6 heteroatoms. The van der Waals surface area contributed by atoms with Crippen LogP contribution in [0.1, 0.15) is 37.8 Å². The monoisotopic (exact) mass is 363 g/mol. The van der Waals surface area contributed by atoms with Crippen LogP contribution in [0.15, 0.2) is 35.1 Å². The first-order valence-corrected chi connectivity index (χ1v) is 10.2. The Morgan fingerprint density at radius 2 is 1.85 bits per heavy atom. The quantitative estimate of drug-likeness (QED) is 0.713. The average Bonchev–Trinajstić information content (AvgIpc) is 3.29. The van der Waals surface area contributed by atoms with Crippen LogP contribution in [0, 0.1) is 6.92 Å². The molecule has 0 aromatic carbocycles. The summed E-state index contributed by atoms with van der Waals surface area (Å²) in [5.41, 5.74) is 4.37. The molecule has 140 valence electrons. The lowest BCUT2D eigenvalue weighted by Crippen LogP contribution is -2.58. The van der Waals surface area contributed by atoms with Gasteiger partial charge in [-0.1, -0.05) is 11.6 Å². The molecule has 6 rings (SSSR count). The van der Waals surface area contributed by atoms with Crippen molar-refractivity contribution in [1.29, 1.82) is 0 Å². The van der Waals surface area contributed by atoms with Gasteiger partial charge in [-0.3, -0.25) is 4.90 Å². The summed E-state index contributed by atoms with van der Waals surface area (Å²) in [4.78, 5) is 5.45. The molecule has 3 aromatic rings. The van der Waals surface area contributed by atoms with Crippen molar-refractivity contribution in [3.05, 3.63) is 36.3 Å². The summed E-state index contributed by atoms with van der Waals surface area (Å²) in [6, 6.07) is 8.62. The van der Waals surface area contributed by atoms with Crippen LogP contribution in [0.3, 0.4) is 0 Å². The first-order valence-electron chi connectivity index (χ1n) is 10.2. The van der Waals surface area contributed by atoms with Crippen molar-refractivity contribution in [2.45, 2.75) is 57.2 Å². The van der Waals surface area contributed by atoms with E-state index in [9.17, 15) is 0 Å². The molecule has 3 fully saturated rings. The molecule has 1 saturated carbocycles. The molecule has 0 amide bonds. The Kier molecular flexibility index (Phi) is 3.39. The summed E-state index contributed by atoms with van der Waals surface area (Å²) < 4.78 is 7.43. The van der Waals surface area contributed by atoms with Crippen LogP contribution in [-0.2, 0) is 0 Å². The summed E-state index contributed by atoms with van der Waals surface area (Å²) in [7, 11) is 0. The lowest BCUT2D eigenvalue weighted by molar-refractivity contribution is 0.0627. The minimum absolute atomic E-state index is 0.716. The van der Waals surface area contributed by atoms with Crippen LogP contribution in [-0.4, -0.2) is 50.9 Å². The highest BCUT2D eigenvalue weighted by atomic mass is 16.5. The molecule has 1 aliphatic carbocycles. The number of aryl methyl sites for hydroxylation is 1. The van der Waals surface area contributed by atoms with Crippen molar-refractivity contribution in [2.75, 3.05) is 18.0 Å². The van der Waals surface area contributed by atoms with Crippen molar-refractivity contribution >= 4 is 11.2 Å². The van der Waals surface area contributed by atoms with E-state index in [1.807, 2.05) is 29.9 Å². The number of hydrogen-bond acceptors (Lipinski definition) is 5. The molecule has 3 aliphatic rings. The van der Waals surface area contributed by atoms with Gasteiger partial charge in [0.25, 0.3) is 0 Å². The molecule has 2 aliphatic heterocycles. The zero-order valence-electron chi connectivity index (χ0n) is 15.7. The van der Waals surface area contributed by atoms with Gasteiger partial charge in [0.1, 0.15) is 0 Å². The highest BCUT2D eigenvalue weighted by Gasteiger charge is 2.44. The first-order chi connectivity index (χ1) is 13.3. The van der Waals surface area contributed by atoms with E-state index in [0.717, 1.165) is 41.7 Å². The standard InChI is InChI=1S/C21H25N5O/c1-14-9-21(27-23-14)15-10-20-19(7-8-22-25(20)11-15)24-12-17-5-6-18(13-24)26(17)16-3-2-4-16/h7-11,16-18H,2-6,12-13H2,1H3. The minimum atomic E-state index is 0.716. The molecule has 0 radical (unpaired) electrons. The largest absolute Gasteiger partial charge is 0.367 e. The predicted molar refractivity (Wildman–Crippen MR) is 104 cm³/mol. The number of hydrogen-bond donors (Lipinski definition) is 0. The van der Waals surface area contributed by atoms with Crippen LogP contribution in [0.25, 0.3) is 16.8 Å². The predicted octanol–water partition coefficient (Wildman–Crippen LogP) is 3.50. The number of nitrogens with zero attached hydrogens (tertiary/aromatic N) is 5. The van der Waals surface area contributed by atoms with E-state index in [0.29, 0.717) is 12.1 Å². The number of piperazine rings is 1. The zero-order valence-corrected chi connectivity index (χ0v) is 15.7. The van der Waals surface area contributed by atoms with E-state index in [-0.39, 0.29) is 0 Å². The Hall–Kier alpha value is -2.34. The van der Waals surface area contributed by atoms with E-state index in [4.69, 9.17) is 4.52 Å². The molecule has 2 saturated heterocycles. The number of rotatable bonds is 3. The summed E-state index contributed by atoms with van der Waals surface area (Å²) >= 11 is 0. The number of anilines is 1. The van der Waals surface area contributed by atoms with Gasteiger partial charge in [-0.2, -0.15) is 5.10 Å². The van der Waals surface area contributed by atoms with E-state index in [1.165, 1.54) is 37.8 Å². The maximum Gasteiger partial charge on any atom is 0.168 e. The molecule has 6 nitrogen and oxygen atoms in total. The highest BCUT2D eigenvalue weighted by molar-refractivity contribution is 5.78. The minimum Gasteiger partial charge on any atom is -0.367 e. The molecule has 2 unspecified atom stereocenters. The fraction of sp³-hybridized carbons (Fsp3) is 0.524. The molecule has 5 heterocycles. The molecular weight excluding hydrogens is 338 g/mol. The zero-order chi connectivity index (χ0) is 18.0. The second-order valence-corrected chi connectivity index (χ2v) is 8.43. The van der Waals surface area contributed by atoms with Gasteiger partial charge >= 0.3 is 0 Å². The van der Waals surface area contributed by atoms with E-state index in [1.54, 1.807) is 0 Å². The molecule has 0 N–H and O–H groups in total. The van der Waals surface area contributed by atoms with Gasteiger partial charge < -0.3 is 9.42 Å². The Morgan fingerprint density at radius 1 is 1.04 bits per heavy atom. The molecule has 3 aromatic heterocycles. The second-order valence-electron chi connectivity index (χ2n) is 8.43. The van der Waals surface area contributed by atoms with Gasteiger partial charge in [0.2, 0.25) is 0 Å². The Bertz CT molecular complexity index is 974. The van der Waals surface area contributed by atoms with Crippen LogP contribution < -0.4 is 4.90 Å². The fourth-order valence-corrected chi connectivity index (χ4v) is 5.32. The maximum atomic E-state index is 5.46. The van der Waals surface area contributed by atoms with Gasteiger partial charge in [0, 0.05) is 55.2 Å². The third-order valence-electron chi connectivity index (χ3n) is 6.77. The first kappa shape index (κ1) is 15.7. The lowest BCUT2D eigenvalue weighted by atomic mass is 9.89. The Labute approximate surface area is 158 Å². The van der Waals surface area contributed by atoms with Gasteiger partial charge in [0.15, 0.2) is 5.76 Å². The number of aromatic nitrogens is 3. The summed E-state index contributed by atoms with van der Waals surface area (Å²) in [6.07, 6.45) is 10.9. The highest BCUT2D eigenvalue weighted by Crippen LogP contribution is 2.40. The normalized spacial score (nSPS) is 26.0. The van der Waals surface area contributed by atoms with Crippen LogP contribution >= 0.6 is 0 Å².